The van der Waals surface area contributed by atoms with Crippen LogP contribution in [0.2, 0.25) is 10.0 Å². The van der Waals surface area contributed by atoms with Crippen LogP contribution in [-0.2, 0) is 24.5 Å². The first-order valence-electron chi connectivity index (χ1n) is 9.47. The lowest BCUT2D eigenvalue weighted by Gasteiger charge is -2.35. The zero-order valence-corrected chi connectivity index (χ0v) is 18.9. The molecule has 2 amide bonds. The Bertz CT molecular complexity index is 1070. The number of nitrogens with zero attached hydrogens (tertiary/aromatic N) is 1. The Hall–Kier alpha value is -2.83. The van der Waals surface area contributed by atoms with Gasteiger partial charge >= 0.3 is 5.97 Å². The van der Waals surface area contributed by atoms with E-state index in [-0.39, 0.29) is 6.54 Å². The number of carbonyl (C=O) groups excluding carboxylic acids is 3. The van der Waals surface area contributed by atoms with Crippen molar-refractivity contribution in [3.63, 3.8) is 0 Å². The summed E-state index contributed by atoms with van der Waals surface area (Å²) in [5.74, 6) is -1.82. The van der Waals surface area contributed by atoms with Crippen molar-refractivity contribution in [2.75, 3.05) is 19.0 Å². The predicted octanol–water partition coefficient (Wildman–Crippen LogP) is 4.22. The van der Waals surface area contributed by atoms with E-state index in [0.29, 0.717) is 26.9 Å². The second-order valence-electron chi connectivity index (χ2n) is 7.74. The number of likely N-dealkylation sites (tertiary alicyclic amines) is 1. The molecule has 0 saturated carbocycles. The summed E-state index contributed by atoms with van der Waals surface area (Å²) >= 11 is 12.2. The van der Waals surface area contributed by atoms with Crippen LogP contribution in [0.15, 0.2) is 60.7 Å². The van der Waals surface area contributed by atoms with E-state index < -0.39 is 28.7 Å². The Balaban J connectivity index is 2.00. The van der Waals surface area contributed by atoms with Crippen LogP contribution in [0.4, 0.5) is 5.69 Å². The minimum absolute atomic E-state index is 0.00647. The topological polar surface area (TPSA) is 75.7 Å². The molecule has 1 heterocycles. The Morgan fingerprint density at radius 1 is 1.16 bits per heavy atom. The van der Waals surface area contributed by atoms with Crippen molar-refractivity contribution in [3.8, 4) is 0 Å². The first-order chi connectivity index (χ1) is 14.6. The van der Waals surface area contributed by atoms with E-state index in [1.54, 1.807) is 56.3 Å². The largest absolute Gasteiger partial charge is 0.468 e. The molecular weight excluding hydrogens is 439 g/mol. The van der Waals surface area contributed by atoms with Gasteiger partial charge in [-0.25, -0.2) is 0 Å². The second-order valence-corrected chi connectivity index (χ2v) is 8.58. The van der Waals surface area contributed by atoms with Crippen molar-refractivity contribution in [1.29, 1.82) is 0 Å². The van der Waals surface area contributed by atoms with Gasteiger partial charge in [0.2, 0.25) is 11.8 Å². The Morgan fingerprint density at radius 3 is 2.42 bits per heavy atom. The summed E-state index contributed by atoms with van der Waals surface area (Å²) in [6, 6.07) is 13.2. The first kappa shape index (κ1) is 22.8. The maximum atomic E-state index is 13.7. The van der Waals surface area contributed by atoms with Crippen molar-refractivity contribution in [2.24, 2.45) is 0 Å². The molecule has 1 N–H and O–H groups in total. The third-order valence-electron chi connectivity index (χ3n) is 5.55. The van der Waals surface area contributed by atoms with Gasteiger partial charge in [-0.3, -0.25) is 14.4 Å². The minimum Gasteiger partial charge on any atom is -0.468 e. The number of benzene rings is 2. The molecule has 0 aromatic heterocycles. The quantitative estimate of drug-likeness (QED) is 0.411. The molecule has 8 heteroatoms. The van der Waals surface area contributed by atoms with Crippen LogP contribution in [0.1, 0.15) is 19.4 Å². The molecule has 0 radical (unpaired) electrons. The number of hydrogen-bond donors (Lipinski definition) is 1. The number of esters is 1. The highest BCUT2D eigenvalue weighted by atomic mass is 35.5. The summed E-state index contributed by atoms with van der Waals surface area (Å²) in [5, 5.41) is 3.42. The molecule has 2 aromatic rings. The number of methoxy groups -OCH3 is 1. The summed E-state index contributed by atoms with van der Waals surface area (Å²) < 4.78 is 5.00. The molecule has 1 fully saturated rings. The lowest BCUT2D eigenvalue weighted by atomic mass is 9.76. The average molecular weight is 461 g/mol. The lowest BCUT2D eigenvalue weighted by molar-refractivity contribution is -0.154. The molecule has 162 valence electrons. The molecule has 6 nitrogen and oxygen atoms in total. The van der Waals surface area contributed by atoms with Crippen LogP contribution in [0.3, 0.4) is 0 Å². The molecular formula is C23H22Cl2N2O4. The fourth-order valence-corrected chi connectivity index (χ4v) is 4.03. The van der Waals surface area contributed by atoms with Crippen LogP contribution in [0.5, 0.6) is 0 Å². The number of amides is 2. The number of hydrogen-bond acceptors (Lipinski definition) is 4. The number of nitrogens with one attached hydrogen (secondary N) is 1. The van der Waals surface area contributed by atoms with Crippen molar-refractivity contribution < 1.29 is 19.1 Å². The minimum atomic E-state index is -1.72. The third kappa shape index (κ3) is 3.70. The molecule has 1 aliphatic rings. The molecule has 1 saturated heterocycles. The van der Waals surface area contributed by atoms with E-state index >= 15 is 0 Å². The van der Waals surface area contributed by atoms with Gasteiger partial charge < -0.3 is 15.0 Å². The molecule has 2 aromatic carbocycles. The molecule has 31 heavy (non-hydrogen) atoms. The first-order valence-corrected chi connectivity index (χ1v) is 10.2. The number of ether oxygens (including phenoxy) is 1. The lowest BCUT2D eigenvalue weighted by Crippen LogP contribution is -2.56. The molecule has 1 aliphatic heterocycles. The SMILES string of the molecule is C=C1CN(C(C)(C)C(=O)Nc2cc(Cl)ccc2Cl)C(=O)C1(C(=O)OC)c1ccccc1. The van der Waals surface area contributed by atoms with E-state index in [4.69, 9.17) is 27.9 Å². The van der Waals surface area contributed by atoms with Gasteiger partial charge in [-0.1, -0.05) is 60.1 Å². The van der Waals surface area contributed by atoms with Gasteiger partial charge in [0.15, 0.2) is 5.41 Å². The summed E-state index contributed by atoms with van der Waals surface area (Å²) in [6.07, 6.45) is 0. The van der Waals surface area contributed by atoms with Crippen molar-refractivity contribution in [3.05, 3.63) is 76.3 Å². The number of halogens is 2. The van der Waals surface area contributed by atoms with Gasteiger partial charge in [0.25, 0.3) is 0 Å². The zero-order valence-electron chi connectivity index (χ0n) is 17.4. The van der Waals surface area contributed by atoms with Gasteiger partial charge in [0.05, 0.1) is 17.8 Å². The fourth-order valence-electron chi connectivity index (χ4n) is 3.70. The highest BCUT2D eigenvalue weighted by molar-refractivity contribution is 6.35. The van der Waals surface area contributed by atoms with E-state index in [0.717, 1.165) is 0 Å². The van der Waals surface area contributed by atoms with Crippen LogP contribution in [-0.4, -0.2) is 41.9 Å². The van der Waals surface area contributed by atoms with Crippen molar-refractivity contribution >= 4 is 46.7 Å². The highest BCUT2D eigenvalue weighted by Crippen LogP contribution is 2.43. The maximum Gasteiger partial charge on any atom is 0.330 e. The summed E-state index contributed by atoms with van der Waals surface area (Å²) in [6.45, 7) is 7.18. The van der Waals surface area contributed by atoms with E-state index in [1.807, 2.05) is 0 Å². The van der Waals surface area contributed by atoms with Crippen molar-refractivity contribution in [2.45, 2.75) is 24.8 Å². The van der Waals surface area contributed by atoms with Crippen LogP contribution >= 0.6 is 23.2 Å². The normalized spacial score (nSPS) is 18.8. The van der Waals surface area contributed by atoms with Crippen LogP contribution in [0.25, 0.3) is 0 Å². The van der Waals surface area contributed by atoms with E-state index in [2.05, 4.69) is 11.9 Å². The van der Waals surface area contributed by atoms with Gasteiger partial charge in [-0.05, 0) is 43.2 Å². The molecule has 1 atom stereocenters. The number of carbonyl (C=O) groups is 3. The predicted molar refractivity (Wildman–Crippen MR) is 120 cm³/mol. The van der Waals surface area contributed by atoms with Gasteiger partial charge in [0.1, 0.15) is 5.54 Å². The molecule has 0 bridgehead atoms. The molecule has 0 spiro atoms. The average Bonchev–Trinajstić information content (AvgIpc) is 3.02. The molecule has 1 unspecified atom stereocenters. The Kier molecular flexibility index (Phi) is 6.16. The molecule has 3 rings (SSSR count). The standard InChI is InChI=1S/C23H22Cl2N2O4/c1-14-13-27(20(29)23(14,21(30)31-4)15-8-6-5-7-9-15)22(2,3)19(28)26-18-12-16(24)10-11-17(18)25/h5-12H,1,13H2,2-4H3,(H,26,28). The number of rotatable bonds is 5. The fraction of sp³-hybridized carbons (Fsp3) is 0.261. The highest BCUT2D eigenvalue weighted by Gasteiger charge is 2.61. The number of anilines is 1. The van der Waals surface area contributed by atoms with Crippen LogP contribution in [0, 0.1) is 0 Å². The summed E-state index contributed by atoms with van der Waals surface area (Å²) in [7, 11) is 1.22. The van der Waals surface area contributed by atoms with Gasteiger partial charge in [-0.2, -0.15) is 0 Å². The summed E-state index contributed by atoms with van der Waals surface area (Å²) in [5.41, 5.74) is -1.97. The smallest absolute Gasteiger partial charge is 0.330 e. The van der Waals surface area contributed by atoms with E-state index in [1.165, 1.54) is 18.1 Å². The Labute approximate surface area is 190 Å². The maximum absolute atomic E-state index is 13.7. The van der Waals surface area contributed by atoms with Gasteiger partial charge in [0, 0.05) is 11.6 Å². The van der Waals surface area contributed by atoms with Crippen molar-refractivity contribution in [1.82, 2.24) is 4.90 Å². The Morgan fingerprint density at radius 2 is 1.81 bits per heavy atom. The molecule has 0 aliphatic carbocycles. The van der Waals surface area contributed by atoms with Gasteiger partial charge in [-0.15, -0.1) is 0 Å². The zero-order chi connectivity index (χ0) is 23.0. The third-order valence-corrected chi connectivity index (χ3v) is 6.12. The monoisotopic (exact) mass is 460 g/mol. The summed E-state index contributed by atoms with van der Waals surface area (Å²) in [4.78, 5) is 41.1. The van der Waals surface area contributed by atoms with E-state index in [9.17, 15) is 14.4 Å². The van der Waals surface area contributed by atoms with Crippen LogP contribution < -0.4 is 5.32 Å². The second kappa shape index (κ2) is 8.36.